The summed E-state index contributed by atoms with van der Waals surface area (Å²) in [5, 5.41) is 16.0. The van der Waals surface area contributed by atoms with Crippen molar-refractivity contribution in [3.05, 3.63) is 63.7 Å². The second-order valence-corrected chi connectivity index (χ2v) is 7.05. The minimum absolute atomic E-state index is 0.0119. The average Bonchev–Trinajstić information content (AvgIpc) is 3.21. The van der Waals surface area contributed by atoms with Crippen LogP contribution in [-0.4, -0.2) is 29.0 Å². The summed E-state index contributed by atoms with van der Waals surface area (Å²) in [4.78, 5) is 25.2. The Morgan fingerprint density at radius 3 is 2.47 bits per heavy atom. The van der Waals surface area contributed by atoms with Crippen LogP contribution in [-0.2, 0) is 6.18 Å². The fourth-order valence-corrected chi connectivity index (χ4v) is 3.36. The lowest BCUT2D eigenvalue weighted by molar-refractivity contribution is -0.384. The number of nitro benzene ring substituents is 1. The average molecular weight is 438 g/mol. The Hall–Kier alpha value is -3.21. The molecule has 0 atom stereocenters. The lowest BCUT2D eigenvalue weighted by Crippen LogP contribution is -2.34. The fraction of sp³-hybridized carbons (Fsp3) is 0.263. The first-order valence-corrected chi connectivity index (χ1v) is 9.39. The Balaban J connectivity index is 1.72. The first kappa shape index (κ1) is 21.5. The Labute approximate surface area is 175 Å². The number of anilines is 2. The summed E-state index contributed by atoms with van der Waals surface area (Å²) in [6.45, 7) is 1.41. The van der Waals surface area contributed by atoms with Gasteiger partial charge in [-0.1, -0.05) is 6.07 Å². The zero-order valence-electron chi connectivity index (χ0n) is 15.5. The highest BCUT2D eigenvalue weighted by Gasteiger charge is 2.30. The minimum Gasteiger partial charge on any atom is -0.366 e. The van der Waals surface area contributed by atoms with Crippen LogP contribution in [0.4, 0.5) is 30.2 Å². The number of hydrogen-bond donors (Lipinski definition) is 2. The zero-order chi connectivity index (χ0) is 21.9. The Kier molecular flexibility index (Phi) is 6.20. The van der Waals surface area contributed by atoms with Gasteiger partial charge in [0.25, 0.3) is 11.6 Å². The smallest absolute Gasteiger partial charge is 0.366 e. The maximum Gasteiger partial charge on any atom is 0.416 e. The second kappa shape index (κ2) is 8.66. The SMILES string of the molecule is O=C(NC(=S)Nc1cccc(C(F)(F)F)c1)c1ccc(N2CCCC2)c([N+](=O)[O-])c1. The third-order valence-corrected chi connectivity index (χ3v) is 4.76. The largest absolute Gasteiger partial charge is 0.416 e. The molecule has 0 unspecified atom stereocenters. The summed E-state index contributed by atoms with van der Waals surface area (Å²) in [5.41, 5.74) is -0.557. The van der Waals surface area contributed by atoms with Crippen LogP contribution in [0.2, 0.25) is 0 Å². The van der Waals surface area contributed by atoms with E-state index in [1.54, 1.807) is 0 Å². The van der Waals surface area contributed by atoms with Crippen LogP contribution < -0.4 is 15.5 Å². The minimum atomic E-state index is -4.52. The predicted octanol–water partition coefficient (Wildman–Crippen LogP) is 4.34. The molecule has 3 rings (SSSR count). The molecule has 7 nitrogen and oxygen atoms in total. The number of halogens is 3. The molecule has 1 saturated heterocycles. The molecule has 158 valence electrons. The van der Waals surface area contributed by atoms with Gasteiger partial charge < -0.3 is 10.2 Å². The molecule has 0 bridgehead atoms. The summed E-state index contributed by atoms with van der Waals surface area (Å²) >= 11 is 4.98. The highest BCUT2D eigenvalue weighted by atomic mass is 32.1. The van der Waals surface area contributed by atoms with Gasteiger partial charge in [0.05, 0.1) is 10.5 Å². The topological polar surface area (TPSA) is 87.5 Å². The van der Waals surface area contributed by atoms with Crippen LogP contribution >= 0.6 is 12.2 Å². The van der Waals surface area contributed by atoms with Crippen LogP contribution in [0, 0.1) is 10.1 Å². The molecule has 2 aromatic rings. The number of nitrogens with zero attached hydrogens (tertiary/aromatic N) is 2. The van der Waals surface area contributed by atoms with E-state index in [1.807, 2.05) is 4.90 Å². The number of benzene rings is 2. The Bertz CT molecular complexity index is 991. The number of nitro groups is 1. The maximum absolute atomic E-state index is 12.8. The van der Waals surface area contributed by atoms with Crippen LogP contribution in [0.3, 0.4) is 0 Å². The standard InChI is InChI=1S/C19H17F3N4O3S/c20-19(21,22)13-4-3-5-14(11-13)23-18(30)24-17(27)12-6-7-15(16(10-12)26(28)29)25-8-1-2-9-25/h3-7,10-11H,1-2,8-9H2,(H2,23,24,27,30). The van der Waals surface area contributed by atoms with Crippen molar-refractivity contribution >= 4 is 40.3 Å². The van der Waals surface area contributed by atoms with Gasteiger partial charge in [-0.25, -0.2) is 0 Å². The number of carbonyl (C=O) groups is 1. The van der Waals surface area contributed by atoms with Crippen molar-refractivity contribution in [2.75, 3.05) is 23.3 Å². The summed E-state index contributed by atoms with van der Waals surface area (Å²) in [5.74, 6) is -0.712. The van der Waals surface area contributed by atoms with E-state index in [0.717, 1.165) is 31.0 Å². The zero-order valence-corrected chi connectivity index (χ0v) is 16.3. The number of rotatable bonds is 4. The van der Waals surface area contributed by atoms with Gasteiger partial charge in [-0.2, -0.15) is 13.2 Å². The highest BCUT2D eigenvalue weighted by molar-refractivity contribution is 7.80. The van der Waals surface area contributed by atoms with E-state index in [4.69, 9.17) is 12.2 Å². The molecule has 1 aliphatic heterocycles. The Morgan fingerprint density at radius 2 is 1.83 bits per heavy atom. The van der Waals surface area contributed by atoms with Gasteiger partial charge in [0.15, 0.2) is 5.11 Å². The Morgan fingerprint density at radius 1 is 1.13 bits per heavy atom. The van der Waals surface area contributed by atoms with E-state index in [-0.39, 0.29) is 22.1 Å². The normalized spacial score (nSPS) is 13.8. The van der Waals surface area contributed by atoms with E-state index in [0.29, 0.717) is 18.8 Å². The maximum atomic E-state index is 12.8. The lowest BCUT2D eigenvalue weighted by Gasteiger charge is -2.18. The van der Waals surface area contributed by atoms with E-state index in [1.165, 1.54) is 24.3 Å². The van der Waals surface area contributed by atoms with Crippen LogP contribution in [0.1, 0.15) is 28.8 Å². The lowest BCUT2D eigenvalue weighted by atomic mass is 10.1. The van der Waals surface area contributed by atoms with Crippen molar-refractivity contribution in [2.45, 2.75) is 19.0 Å². The molecule has 0 aromatic heterocycles. The molecule has 11 heteroatoms. The van der Waals surface area contributed by atoms with Gasteiger partial charge in [-0.3, -0.25) is 20.2 Å². The van der Waals surface area contributed by atoms with Crippen LogP contribution in [0.15, 0.2) is 42.5 Å². The van der Waals surface area contributed by atoms with Gasteiger partial charge in [-0.05, 0) is 55.4 Å². The molecular weight excluding hydrogens is 421 g/mol. The number of nitrogens with one attached hydrogen (secondary N) is 2. The third kappa shape index (κ3) is 5.03. The number of amides is 1. The van der Waals surface area contributed by atoms with Crippen molar-refractivity contribution < 1.29 is 22.9 Å². The molecule has 30 heavy (non-hydrogen) atoms. The molecule has 2 N–H and O–H groups in total. The summed E-state index contributed by atoms with van der Waals surface area (Å²) in [6, 6.07) is 8.46. The highest BCUT2D eigenvalue weighted by Crippen LogP contribution is 2.32. The van der Waals surface area contributed by atoms with Gasteiger partial charge in [0.1, 0.15) is 5.69 Å². The van der Waals surface area contributed by atoms with Crippen molar-refractivity contribution in [2.24, 2.45) is 0 Å². The fourth-order valence-electron chi connectivity index (χ4n) is 3.15. The van der Waals surface area contributed by atoms with Crippen LogP contribution in [0.25, 0.3) is 0 Å². The van der Waals surface area contributed by atoms with Crippen LogP contribution in [0.5, 0.6) is 0 Å². The number of hydrogen-bond acceptors (Lipinski definition) is 5. The molecule has 0 aliphatic carbocycles. The summed E-state index contributed by atoms with van der Waals surface area (Å²) in [6.07, 6.45) is -2.64. The second-order valence-electron chi connectivity index (χ2n) is 6.64. The molecule has 0 spiro atoms. The number of carbonyl (C=O) groups excluding carboxylic acids is 1. The molecular formula is C19H17F3N4O3S. The summed E-state index contributed by atoms with van der Waals surface area (Å²) in [7, 11) is 0. The molecule has 2 aromatic carbocycles. The molecule has 1 amide bonds. The molecule has 1 fully saturated rings. The monoisotopic (exact) mass is 438 g/mol. The van der Waals surface area contributed by atoms with E-state index in [2.05, 4.69) is 10.6 Å². The molecule has 1 aliphatic rings. The third-order valence-electron chi connectivity index (χ3n) is 4.56. The van der Waals surface area contributed by atoms with Gasteiger partial charge in [-0.15, -0.1) is 0 Å². The first-order chi connectivity index (χ1) is 14.1. The first-order valence-electron chi connectivity index (χ1n) is 8.98. The van der Waals surface area contributed by atoms with Gasteiger partial charge in [0, 0.05) is 30.4 Å². The van der Waals surface area contributed by atoms with Crippen molar-refractivity contribution in [1.82, 2.24) is 5.32 Å². The van der Waals surface area contributed by atoms with Crippen molar-refractivity contribution in [3.63, 3.8) is 0 Å². The van der Waals surface area contributed by atoms with E-state index in [9.17, 15) is 28.1 Å². The van der Waals surface area contributed by atoms with Crippen molar-refractivity contribution in [1.29, 1.82) is 0 Å². The van der Waals surface area contributed by atoms with Gasteiger partial charge >= 0.3 is 6.18 Å². The number of thiocarbonyl (C=S) groups is 1. The molecule has 0 saturated carbocycles. The molecule has 0 radical (unpaired) electrons. The van der Waals surface area contributed by atoms with E-state index >= 15 is 0 Å². The molecule has 1 heterocycles. The summed E-state index contributed by atoms with van der Waals surface area (Å²) < 4.78 is 38.4. The number of alkyl halides is 3. The van der Waals surface area contributed by atoms with Crippen molar-refractivity contribution in [3.8, 4) is 0 Å². The van der Waals surface area contributed by atoms with Gasteiger partial charge in [0.2, 0.25) is 0 Å². The quantitative estimate of drug-likeness (QED) is 0.420. The van der Waals surface area contributed by atoms with E-state index < -0.39 is 22.6 Å². The predicted molar refractivity (Wildman–Crippen MR) is 110 cm³/mol.